The third-order valence-electron chi connectivity index (χ3n) is 4.49. The molecule has 1 aliphatic heterocycles. The maximum absolute atomic E-state index is 11.9. The van der Waals surface area contributed by atoms with Crippen molar-refractivity contribution in [3.05, 3.63) is 53.5 Å². The Morgan fingerprint density at radius 3 is 2.96 bits per heavy atom. The van der Waals surface area contributed by atoms with Crippen LogP contribution in [-0.2, 0) is 6.54 Å². The number of ether oxygens (including phenoxy) is 1. The van der Waals surface area contributed by atoms with E-state index in [0.717, 1.165) is 30.9 Å². The number of amides is 1. The maximum Gasteiger partial charge on any atom is 0.272 e. The number of hydrogen-bond donors (Lipinski definition) is 2. The van der Waals surface area contributed by atoms with Crippen molar-refractivity contribution in [2.45, 2.75) is 32.7 Å². The molecule has 0 aromatic carbocycles. The molecule has 1 amide bonds. The van der Waals surface area contributed by atoms with Crippen molar-refractivity contribution < 1.29 is 9.53 Å². The van der Waals surface area contributed by atoms with E-state index in [2.05, 4.69) is 31.5 Å². The van der Waals surface area contributed by atoms with E-state index >= 15 is 0 Å². The molecule has 0 unspecified atom stereocenters. The Kier molecular flexibility index (Phi) is 6.98. The number of likely N-dealkylation sites (tertiary alicyclic amines) is 1. The lowest BCUT2D eigenvalue weighted by Gasteiger charge is -2.26. The maximum atomic E-state index is 11.9. The molecule has 0 atom stereocenters. The van der Waals surface area contributed by atoms with Crippen molar-refractivity contribution in [2.24, 2.45) is 0 Å². The molecular formula is C20H27N5O2. The molecule has 2 aromatic rings. The van der Waals surface area contributed by atoms with Gasteiger partial charge in [-0.3, -0.25) is 14.8 Å². The monoisotopic (exact) mass is 369 g/mol. The summed E-state index contributed by atoms with van der Waals surface area (Å²) >= 11 is 0. The van der Waals surface area contributed by atoms with Crippen LogP contribution in [0, 0.1) is 6.92 Å². The second-order valence-corrected chi connectivity index (χ2v) is 6.73. The van der Waals surface area contributed by atoms with Crippen molar-refractivity contribution in [1.82, 2.24) is 25.4 Å². The number of nitrogens with one attached hydrogen (secondary N) is 2. The predicted octanol–water partition coefficient (Wildman–Crippen LogP) is 2.46. The Morgan fingerprint density at radius 2 is 2.19 bits per heavy atom. The van der Waals surface area contributed by atoms with Crippen LogP contribution in [0.15, 0.2) is 36.5 Å². The lowest BCUT2D eigenvalue weighted by Crippen LogP contribution is -2.29. The Labute approximate surface area is 159 Å². The number of aryl methyl sites for hydroxylation is 1. The second-order valence-electron chi connectivity index (χ2n) is 6.73. The number of nitrogens with zero attached hydrogens (tertiary/aromatic N) is 3. The molecule has 3 heterocycles. The molecule has 0 saturated carbocycles. The topological polar surface area (TPSA) is 83.1 Å². The van der Waals surface area contributed by atoms with Gasteiger partial charge < -0.3 is 10.1 Å². The zero-order valence-electron chi connectivity index (χ0n) is 15.8. The minimum atomic E-state index is -0.196. The molecule has 0 bridgehead atoms. The number of carbonyl (C=O) groups excluding carboxylic acids is 1. The largest absolute Gasteiger partial charge is 0.473 e. The van der Waals surface area contributed by atoms with Crippen molar-refractivity contribution in [2.75, 3.05) is 26.2 Å². The van der Waals surface area contributed by atoms with Gasteiger partial charge >= 0.3 is 0 Å². The standard InChI is InChI=1S/C20H27N5O2/c1-16-14-18(24-23-16)19(26)21-9-3-6-13-27-20-17(8-7-10-22-20)15-25-11-4-2-5-12-25/h3,6-8,10,14H,2,4-5,9,11-13,15H2,1H3,(H,21,26)(H,23,24)/b6-3-. The van der Waals surface area contributed by atoms with Crippen molar-refractivity contribution in [1.29, 1.82) is 0 Å². The van der Waals surface area contributed by atoms with Gasteiger partial charge in [0, 0.05) is 30.5 Å². The van der Waals surface area contributed by atoms with Gasteiger partial charge in [0.15, 0.2) is 0 Å². The molecule has 1 saturated heterocycles. The number of rotatable bonds is 8. The van der Waals surface area contributed by atoms with Gasteiger partial charge in [-0.05, 0) is 51.1 Å². The van der Waals surface area contributed by atoms with Crippen LogP contribution >= 0.6 is 0 Å². The minimum absolute atomic E-state index is 0.196. The third kappa shape index (κ3) is 5.92. The van der Waals surface area contributed by atoms with Crippen LogP contribution in [0.25, 0.3) is 0 Å². The molecule has 0 radical (unpaired) electrons. The summed E-state index contributed by atoms with van der Waals surface area (Å²) in [5.41, 5.74) is 2.38. The molecule has 2 N–H and O–H groups in total. The number of pyridine rings is 1. The van der Waals surface area contributed by atoms with E-state index in [-0.39, 0.29) is 5.91 Å². The molecule has 144 valence electrons. The number of hydrogen-bond acceptors (Lipinski definition) is 5. The van der Waals surface area contributed by atoms with E-state index in [9.17, 15) is 4.79 Å². The smallest absolute Gasteiger partial charge is 0.272 e. The third-order valence-corrected chi connectivity index (χ3v) is 4.49. The van der Waals surface area contributed by atoms with Crippen LogP contribution < -0.4 is 10.1 Å². The Hall–Kier alpha value is -2.67. The number of aromatic nitrogens is 3. The Bertz CT molecular complexity index is 765. The number of aromatic amines is 1. The van der Waals surface area contributed by atoms with Crippen LogP contribution in [0.4, 0.5) is 0 Å². The Balaban J connectivity index is 1.42. The normalized spacial score (nSPS) is 15.1. The van der Waals surface area contributed by atoms with E-state index in [1.54, 1.807) is 12.3 Å². The van der Waals surface area contributed by atoms with Crippen LogP contribution in [0.2, 0.25) is 0 Å². The molecule has 27 heavy (non-hydrogen) atoms. The van der Waals surface area contributed by atoms with E-state index in [4.69, 9.17) is 4.74 Å². The molecule has 1 fully saturated rings. The van der Waals surface area contributed by atoms with Crippen LogP contribution in [0.5, 0.6) is 5.88 Å². The summed E-state index contributed by atoms with van der Waals surface area (Å²) in [5, 5.41) is 9.47. The number of H-pyrrole nitrogens is 1. The van der Waals surface area contributed by atoms with Gasteiger partial charge in [-0.2, -0.15) is 5.10 Å². The highest BCUT2D eigenvalue weighted by Crippen LogP contribution is 2.19. The SMILES string of the molecule is Cc1cc(C(=O)NC/C=C\COc2ncccc2CN2CCCCC2)n[nH]1. The first-order valence-corrected chi connectivity index (χ1v) is 9.46. The summed E-state index contributed by atoms with van der Waals surface area (Å²) in [5.74, 6) is 0.488. The lowest BCUT2D eigenvalue weighted by molar-refractivity contribution is 0.0953. The molecular weight excluding hydrogens is 342 g/mol. The van der Waals surface area contributed by atoms with E-state index < -0.39 is 0 Å². The first kappa shape index (κ1) is 19.1. The fraction of sp³-hybridized carbons (Fsp3) is 0.450. The molecule has 1 aliphatic rings. The van der Waals surface area contributed by atoms with Crippen molar-refractivity contribution in [3.8, 4) is 5.88 Å². The quantitative estimate of drug-likeness (QED) is 0.699. The summed E-state index contributed by atoms with van der Waals surface area (Å²) in [6.07, 6.45) is 9.37. The fourth-order valence-electron chi connectivity index (χ4n) is 3.09. The summed E-state index contributed by atoms with van der Waals surface area (Å²) in [7, 11) is 0. The summed E-state index contributed by atoms with van der Waals surface area (Å²) in [4.78, 5) is 18.7. The summed E-state index contributed by atoms with van der Waals surface area (Å²) in [6, 6.07) is 5.74. The van der Waals surface area contributed by atoms with Crippen LogP contribution in [0.1, 0.15) is 41.0 Å². The second kappa shape index (κ2) is 9.87. The molecule has 0 aliphatic carbocycles. The predicted molar refractivity (Wildman–Crippen MR) is 104 cm³/mol. The van der Waals surface area contributed by atoms with Gasteiger partial charge in [0.2, 0.25) is 5.88 Å². The summed E-state index contributed by atoms with van der Waals surface area (Å²) in [6.45, 7) is 5.87. The number of carbonyl (C=O) groups is 1. The highest BCUT2D eigenvalue weighted by molar-refractivity contribution is 5.92. The van der Waals surface area contributed by atoms with Gasteiger partial charge in [0.1, 0.15) is 12.3 Å². The molecule has 2 aromatic heterocycles. The van der Waals surface area contributed by atoms with E-state index in [1.165, 1.54) is 19.3 Å². The number of piperidine rings is 1. The van der Waals surface area contributed by atoms with Gasteiger partial charge in [-0.1, -0.05) is 18.6 Å². The van der Waals surface area contributed by atoms with Crippen molar-refractivity contribution >= 4 is 5.91 Å². The first-order valence-electron chi connectivity index (χ1n) is 9.46. The first-order chi connectivity index (χ1) is 13.2. The van der Waals surface area contributed by atoms with Gasteiger partial charge in [0.25, 0.3) is 5.91 Å². The lowest BCUT2D eigenvalue weighted by atomic mass is 10.1. The molecule has 3 rings (SSSR count). The average molecular weight is 369 g/mol. The van der Waals surface area contributed by atoms with Crippen LogP contribution in [-0.4, -0.2) is 52.2 Å². The molecule has 0 spiro atoms. The minimum Gasteiger partial charge on any atom is -0.473 e. The summed E-state index contributed by atoms with van der Waals surface area (Å²) < 4.78 is 5.82. The van der Waals surface area contributed by atoms with Gasteiger partial charge in [-0.15, -0.1) is 0 Å². The zero-order chi connectivity index (χ0) is 18.9. The van der Waals surface area contributed by atoms with Crippen LogP contribution in [0.3, 0.4) is 0 Å². The van der Waals surface area contributed by atoms with Crippen molar-refractivity contribution in [3.63, 3.8) is 0 Å². The van der Waals surface area contributed by atoms with Gasteiger partial charge in [0.05, 0.1) is 0 Å². The molecule has 7 nitrogen and oxygen atoms in total. The zero-order valence-corrected chi connectivity index (χ0v) is 15.8. The highest BCUT2D eigenvalue weighted by Gasteiger charge is 2.13. The van der Waals surface area contributed by atoms with Gasteiger partial charge in [-0.25, -0.2) is 4.98 Å². The van der Waals surface area contributed by atoms with E-state index in [0.29, 0.717) is 24.7 Å². The fourth-order valence-corrected chi connectivity index (χ4v) is 3.09. The molecule has 7 heteroatoms. The average Bonchev–Trinajstić information content (AvgIpc) is 3.13. The van der Waals surface area contributed by atoms with E-state index in [1.807, 2.05) is 25.1 Å². The highest BCUT2D eigenvalue weighted by atomic mass is 16.5. The Morgan fingerprint density at radius 1 is 1.33 bits per heavy atom.